The Hall–Kier alpha value is -3.46. The molecule has 0 aliphatic carbocycles. The highest BCUT2D eigenvalue weighted by Gasteiger charge is 2.16. The van der Waals surface area contributed by atoms with Gasteiger partial charge in [-0.3, -0.25) is 4.79 Å². The molecule has 0 aliphatic rings. The van der Waals surface area contributed by atoms with E-state index in [4.69, 9.17) is 0 Å². The van der Waals surface area contributed by atoms with Crippen LogP contribution in [0.25, 0.3) is 16.3 Å². The van der Waals surface area contributed by atoms with Crippen LogP contribution in [0.4, 0.5) is 10.1 Å². The number of carbonyl (C=O) groups is 1. The molecule has 152 valence electrons. The lowest BCUT2D eigenvalue weighted by Gasteiger charge is -2.08. The van der Waals surface area contributed by atoms with Crippen molar-refractivity contribution in [2.24, 2.45) is 0 Å². The quantitative estimate of drug-likeness (QED) is 0.508. The Morgan fingerprint density at radius 1 is 1.17 bits per heavy atom. The maximum atomic E-state index is 14.3. The fourth-order valence-corrected chi connectivity index (χ4v) is 3.72. The van der Waals surface area contributed by atoms with Gasteiger partial charge in [0, 0.05) is 10.9 Å². The minimum Gasteiger partial charge on any atom is -0.318 e. The second kappa shape index (κ2) is 8.11. The lowest BCUT2D eigenvalue weighted by atomic mass is 10.0. The molecule has 9 heteroatoms. The molecule has 0 bridgehead atoms. The van der Waals surface area contributed by atoms with Gasteiger partial charge in [0.25, 0.3) is 5.91 Å². The monoisotopic (exact) mass is 422 g/mol. The van der Waals surface area contributed by atoms with E-state index in [1.54, 1.807) is 12.3 Å². The van der Waals surface area contributed by atoms with Gasteiger partial charge in [0.15, 0.2) is 5.82 Å². The Morgan fingerprint density at radius 3 is 2.60 bits per heavy atom. The molecule has 0 unspecified atom stereocenters. The lowest BCUT2D eigenvalue weighted by molar-refractivity contribution is 0.102. The first-order valence-corrected chi connectivity index (χ1v) is 10.2. The van der Waals surface area contributed by atoms with E-state index in [0.717, 1.165) is 10.6 Å². The molecule has 0 aliphatic heterocycles. The molecule has 2 heterocycles. The summed E-state index contributed by atoms with van der Waals surface area (Å²) in [6, 6.07) is 12.4. The topological polar surface area (TPSA) is 85.6 Å². The van der Waals surface area contributed by atoms with Crippen LogP contribution in [0.5, 0.6) is 0 Å². The molecular weight excluding hydrogens is 403 g/mol. The third kappa shape index (κ3) is 3.97. The molecule has 0 atom stereocenters. The number of halogens is 1. The number of amides is 1. The summed E-state index contributed by atoms with van der Waals surface area (Å²) in [6.07, 6.45) is 0. The highest BCUT2D eigenvalue weighted by molar-refractivity contribution is 7.13. The van der Waals surface area contributed by atoms with E-state index >= 15 is 0 Å². The predicted octanol–water partition coefficient (Wildman–Crippen LogP) is 4.61. The van der Waals surface area contributed by atoms with E-state index in [0.29, 0.717) is 17.4 Å². The minimum absolute atomic E-state index is 0.0308. The van der Waals surface area contributed by atoms with Crippen LogP contribution in [0.15, 0.2) is 47.8 Å². The van der Waals surface area contributed by atoms with Crippen LogP contribution in [0.1, 0.15) is 41.6 Å². The summed E-state index contributed by atoms with van der Waals surface area (Å²) in [4.78, 5) is 17.1. The molecule has 4 rings (SSSR count). The Labute approximate surface area is 176 Å². The Balaban J connectivity index is 1.54. The molecule has 2 aromatic heterocycles. The van der Waals surface area contributed by atoms with Crippen LogP contribution in [0.3, 0.4) is 0 Å². The normalized spacial score (nSPS) is 11.1. The Bertz CT molecular complexity index is 1200. The molecule has 1 amide bonds. The van der Waals surface area contributed by atoms with Crippen molar-refractivity contribution in [1.29, 1.82) is 0 Å². The largest absolute Gasteiger partial charge is 0.318 e. The smallest absolute Gasteiger partial charge is 0.275 e. The fourth-order valence-electron chi connectivity index (χ4n) is 2.92. The fraction of sp³-hybridized carbons (Fsp3) is 0.190. The van der Waals surface area contributed by atoms with Crippen LogP contribution >= 0.6 is 11.3 Å². The molecular formula is C21H19FN6OS. The van der Waals surface area contributed by atoms with Gasteiger partial charge in [0.1, 0.15) is 16.5 Å². The number of aromatic nitrogens is 5. The highest BCUT2D eigenvalue weighted by Crippen LogP contribution is 2.26. The van der Waals surface area contributed by atoms with Crippen molar-refractivity contribution >= 4 is 22.9 Å². The number of rotatable bonds is 5. The number of anilines is 1. The number of thiazole rings is 1. The standard InChI is InChI=1S/C21H19FN6OS/c1-12(2)14-4-6-15(7-5-14)21-24-19(11-30-21)20(29)23-18-10-16(8-9-17(18)22)28-13(3)25-26-27-28/h4-12H,1-3H3,(H,23,29). The van der Waals surface area contributed by atoms with E-state index in [2.05, 4.69) is 51.8 Å². The van der Waals surface area contributed by atoms with Gasteiger partial charge in [-0.25, -0.2) is 9.37 Å². The zero-order valence-corrected chi connectivity index (χ0v) is 17.4. The van der Waals surface area contributed by atoms with E-state index in [1.165, 1.54) is 39.8 Å². The molecule has 0 fully saturated rings. The van der Waals surface area contributed by atoms with Crippen molar-refractivity contribution < 1.29 is 9.18 Å². The molecule has 0 saturated heterocycles. The van der Waals surface area contributed by atoms with Gasteiger partial charge in [0.05, 0.1) is 11.4 Å². The second-order valence-corrected chi connectivity index (χ2v) is 7.93. The maximum Gasteiger partial charge on any atom is 0.275 e. The number of tetrazole rings is 1. The molecule has 0 radical (unpaired) electrons. The van der Waals surface area contributed by atoms with Crippen molar-refractivity contribution in [3.8, 4) is 16.3 Å². The first kappa shape index (κ1) is 19.8. The van der Waals surface area contributed by atoms with Gasteiger partial charge < -0.3 is 5.32 Å². The molecule has 2 aromatic carbocycles. The zero-order chi connectivity index (χ0) is 21.3. The number of carbonyl (C=O) groups excluding carboxylic acids is 1. The van der Waals surface area contributed by atoms with E-state index in [1.807, 2.05) is 12.1 Å². The summed E-state index contributed by atoms with van der Waals surface area (Å²) in [6.45, 7) is 6.00. The van der Waals surface area contributed by atoms with Crippen LogP contribution < -0.4 is 5.32 Å². The summed E-state index contributed by atoms with van der Waals surface area (Å²) in [5, 5.41) is 16.2. The van der Waals surface area contributed by atoms with Gasteiger partial charge >= 0.3 is 0 Å². The third-order valence-electron chi connectivity index (χ3n) is 4.63. The number of benzene rings is 2. The number of aryl methyl sites for hydroxylation is 1. The molecule has 0 saturated carbocycles. The Morgan fingerprint density at radius 2 is 1.93 bits per heavy atom. The number of hydrogen-bond acceptors (Lipinski definition) is 6. The van der Waals surface area contributed by atoms with Crippen LogP contribution in [0, 0.1) is 12.7 Å². The number of hydrogen-bond donors (Lipinski definition) is 1. The van der Waals surface area contributed by atoms with Crippen molar-refractivity contribution in [2.45, 2.75) is 26.7 Å². The predicted molar refractivity (Wildman–Crippen MR) is 113 cm³/mol. The van der Waals surface area contributed by atoms with Crippen LogP contribution in [0.2, 0.25) is 0 Å². The highest BCUT2D eigenvalue weighted by atomic mass is 32.1. The van der Waals surface area contributed by atoms with Crippen LogP contribution in [-0.4, -0.2) is 31.1 Å². The zero-order valence-electron chi connectivity index (χ0n) is 16.6. The third-order valence-corrected chi connectivity index (χ3v) is 5.52. The summed E-state index contributed by atoms with van der Waals surface area (Å²) in [5.74, 6) is -0.0516. The van der Waals surface area contributed by atoms with Crippen LogP contribution in [-0.2, 0) is 0 Å². The minimum atomic E-state index is -0.558. The molecule has 7 nitrogen and oxygen atoms in total. The van der Waals surface area contributed by atoms with Crippen molar-refractivity contribution in [3.63, 3.8) is 0 Å². The molecule has 1 N–H and O–H groups in total. The summed E-state index contributed by atoms with van der Waals surface area (Å²) in [7, 11) is 0. The summed E-state index contributed by atoms with van der Waals surface area (Å²) < 4.78 is 15.7. The van der Waals surface area contributed by atoms with E-state index < -0.39 is 11.7 Å². The molecule has 4 aromatic rings. The maximum absolute atomic E-state index is 14.3. The Kier molecular flexibility index (Phi) is 5.37. The van der Waals surface area contributed by atoms with Crippen molar-refractivity contribution in [2.75, 3.05) is 5.32 Å². The van der Waals surface area contributed by atoms with Crippen molar-refractivity contribution in [1.82, 2.24) is 25.2 Å². The average Bonchev–Trinajstić information content (AvgIpc) is 3.39. The van der Waals surface area contributed by atoms with E-state index in [-0.39, 0.29) is 11.4 Å². The summed E-state index contributed by atoms with van der Waals surface area (Å²) >= 11 is 1.37. The van der Waals surface area contributed by atoms with Crippen molar-refractivity contribution in [3.05, 3.63) is 70.7 Å². The summed E-state index contributed by atoms with van der Waals surface area (Å²) in [5.41, 5.74) is 2.97. The van der Waals surface area contributed by atoms with Gasteiger partial charge in [-0.05, 0) is 47.0 Å². The first-order chi connectivity index (χ1) is 14.4. The average molecular weight is 422 g/mol. The SMILES string of the molecule is Cc1nnnn1-c1ccc(F)c(NC(=O)c2csc(-c3ccc(C(C)C)cc3)n2)c1. The lowest BCUT2D eigenvalue weighted by Crippen LogP contribution is -2.14. The number of nitrogens with zero attached hydrogens (tertiary/aromatic N) is 5. The first-order valence-electron chi connectivity index (χ1n) is 9.34. The molecule has 30 heavy (non-hydrogen) atoms. The van der Waals surface area contributed by atoms with Gasteiger partial charge in [0.2, 0.25) is 0 Å². The van der Waals surface area contributed by atoms with Gasteiger partial charge in [-0.1, -0.05) is 38.1 Å². The number of nitrogens with one attached hydrogen (secondary N) is 1. The second-order valence-electron chi connectivity index (χ2n) is 7.07. The van der Waals surface area contributed by atoms with Gasteiger partial charge in [-0.2, -0.15) is 4.68 Å². The van der Waals surface area contributed by atoms with E-state index in [9.17, 15) is 9.18 Å². The molecule has 0 spiro atoms. The van der Waals surface area contributed by atoms with Gasteiger partial charge in [-0.15, -0.1) is 16.4 Å².